The highest BCUT2D eigenvalue weighted by atomic mass is 32.2. The van der Waals surface area contributed by atoms with Crippen LogP contribution in [0.2, 0.25) is 0 Å². The Balaban J connectivity index is 1.74. The summed E-state index contributed by atoms with van der Waals surface area (Å²) in [7, 11) is 0. The Morgan fingerprint density at radius 2 is 1.93 bits per heavy atom. The highest BCUT2D eigenvalue weighted by Gasteiger charge is 2.12. The number of nitrogens with zero attached hydrogens (tertiary/aromatic N) is 2. The van der Waals surface area contributed by atoms with Gasteiger partial charge in [0, 0.05) is 0 Å². The third-order valence-corrected chi connectivity index (χ3v) is 4.96. The number of rotatable bonds is 9. The molecule has 0 atom stereocenters. The first-order chi connectivity index (χ1) is 13.0. The Morgan fingerprint density at radius 1 is 1.19 bits per heavy atom. The van der Waals surface area contributed by atoms with E-state index in [2.05, 4.69) is 20.8 Å². The zero-order valence-corrected chi connectivity index (χ0v) is 16.0. The Hall–Kier alpha value is -2.53. The van der Waals surface area contributed by atoms with E-state index in [0.717, 1.165) is 23.1 Å². The van der Waals surface area contributed by atoms with Crippen LogP contribution in [0.3, 0.4) is 0 Å². The van der Waals surface area contributed by atoms with Crippen molar-refractivity contribution < 1.29 is 23.5 Å². The van der Waals surface area contributed by atoms with Gasteiger partial charge in [0.1, 0.15) is 12.4 Å². The van der Waals surface area contributed by atoms with Crippen LogP contribution < -0.4 is 10.6 Å². The summed E-state index contributed by atoms with van der Waals surface area (Å²) < 4.78 is 18.1. The van der Waals surface area contributed by atoms with Crippen LogP contribution in [-0.2, 0) is 25.5 Å². The summed E-state index contributed by atoms with van der Waals surface area (Å²) in [6.45, 7) is 1.75. The molecule has 0 bridgehead atoms. The second kappa shape index (κ2) is 10.6. The van der Waals surface area contributed by atoms with E-state index < -0.39 is 5.97 Å². The van der Waals surface area contributed by atoms with Crippen LogP contribution in [0.5, 0.6) is 0 Å². The quantitative estimate of drug-likeness (QED) is 0.366. The van der Waals surface area contributed by atoms with E-state index in [0.29, 0.717) is 15.0 Å². The van der Waals surface area contributed by atoms with Gasteiger partial charge in [-0.15, -0.1) is 10.2 Å². The Morgan fingerprint density at radius 3 is 2.63 bits per heavy atom. The number of halogens is 1. The molecule has 1 heterocycles. The Labute approximate surface area is 162 Å². The number of thioether (sulfide) groups is 1. The zero-order chi connectivity index (χ0) is 19.6. The van der Waals surface area contributed by atoms with Gasteiger partial charge < -0.3 is 15.4 Å². The zero-order valence-electron chi connectivity index (χ0n) is 14.4. The number of aromatic nitrogens is 2. The maximum Gasteiger partial charge on any atom is 0.325 e. The molecule has 0 saturated heterocycles. The molecular formula is C16H17FN4O4S2. The molecule has 8 nitrogen and oxygen atoms in total. The molecule has 1 aromatic heterocycles. The first-order valence-electron chi connectivity index (χ1n) is 7.89. The number of esters is 1. The van der Waals surface area contributed by atoms with Gasteiger partial charge >= 0.3 is 5.97 Å². The largest absolute Gasteiger partial charge is 0.465 e. The molecule has 0 saturated carbocycles. The minimum absolute atomic E-state index is 0.0531. The second-order valence-corrected chi connectivity index (χ2v) is 7.29. The van der Waals surface area contributed by atoms with Gasteiger partial charge in [0.25, 0.3) is 0 Å². The van der Waals surface area contributed by atoms with Gasteiger partial charge in [0.2, 0.25) is 16.9 Å². The number of nitrogens with one attached hydrogen (secondary N) is 2. The van der Waals surface area contributed by atoms with Gasteiger partial charge in [-0.2, -0.15) is 0 Å². The van der Waals surface area contributed by atoms with E-state index >= 15 is 0 Å². The Kier molecular flexibility index (Phi) is 8.14. The molecule has 2 aromatic rings. The highest BCUT2D eigenvalue weighted by Crippen LogP contribution is 2.25. The molecule has 144 valence electrons. The van der Waals surface area contributed by atoms with Gasteiger partial charge in [-0.25, -0.2) is 4.39 Å². The number of benzene rings is 1. The van der Waals surface area contributed by atoms with Crippen molar-refractivity contribution in [3.05, 3.63) is 35.6 Å². The van der Waals surface area contributed by atoms with E-state index in [4.69, 9.17) is 4.74 Å². The fourth-order valence-corrected chi connectivity index (χ4v) is 3.43. The van der Waals surface area contributed by atoms with E-state index in [9.17, 15) is 18.8 Å². The topological polar surface area (TPSA) is 110 Å². The smallest absolute Gasteiger partial charge is 0.325 e. The number of ether oxygens (including phenoxy) is 1. The maximum absolute atomic E-state index is 12.9. The summed E-state index contributed by atoms with van der Waals surface area (Å²) in [6, 6.07) is 5.64. The van der Waals surface area contributed by atoms with Crippen molar-refractivity contribution >= 4 is 46.0 Å². The lowest BCUT2D eigenvalue weighted by Gasteiger charge is -2.03. The molecule has 0 fully saturated rings. The van der Waals surface area contributed by atoms with Crippen LogP contribution in [0.25, 0.3) is 0 Å². The molecule has 2 N–H and O–H groups in total. The van der Waals surface area contributed by atoms with Crippen molar-refractivity contribution in [1.82, 2.24) is 15.5 Å². The van der Waals surface area contributed by atoms with E-state index in [-0.39, 0.29) is 43.0 Å². The van der Waals surface area contributed by atoms with Crippen molar-refractivity contribution in [3.63, 3.8) is 0 Å². The standard InChI is InChI=1S/C16H17FN4O4S2/c1-2-25-14(24)8-18-13(23)9-26-16-21-20-15(27-16)19-12(22)7-10-3-5-11(17)6-4-10/h3-6H,2,7-9H2,1H3,(H,18,23)(H,19,20,22). The van der Waals surface area contributed by atoms with E-state index in [1.54, 1.807) is 6.92 Å². The molecule has 0 spiro atoms. The van der Waals surface area contributed by atoms with Crippen molar-refractivity contribution in [1.29, 1.82) is 0 Å². The van der Waals surface area contributed by atoms with E-state index in [1.165, 1.54) is 24.3 Å². The summed E-state index contributed by atoms with van der Waals surface area (Å²) in [5.41, 5.74) is 0.672. The predicted octanol–water partition coefficient (Wildman–Crippen LogP) is 1.63. The third-order valence-electron chi connectivity index (χ3n) is 2.99. The lowest BCUT2D eigenvalue weighted by molar-refractivity contribution is -0.143. The first-order valence-corrected chi connectivity index (χ1v) is 9.69. The normalized spacial score (nSPS) is 10.3. The van der Waals surface area contributed by atoms with Crippen molar-refractivity contribution in [2.75, 3.05) is 24.2 Å². The molecule has 27 heavy (non-hydrogen) atoms. The SMILES string of the molecule is CCOC(=O)CNC(=O)CSc1nnc(NC(=O)Cc2ccc(F)cc2)s1. The molecule has 2 amide bonds. The number of carbonyl (C=O) groups is 3. The summed E-state index contributed by atoms with van der Waals surface area (Å²) in [5.74, 6) is -1.46. The lowest BCUT2D eigenvalue weighted by Crippen LogP contribution is -2.31. The molecule has 2 rings (SSSR count). The van der Waals surface area contributed by atoms with Crippen LogP contribution in [-0.4, -0.2) is 46.9 Å². The summed E-state index contributed by atoms with van der Waals surface area (Å²) >= 11 is 2.26. The maximum atomic E-state index is 12.9. The van der Waals surface area contributed by atoms with E-state index in [1.807, 2.05) is 0 Å². The highest BCUT2D eigenvalue weighted by molar-refractivity contribution is 8.01. The molecule has 0 unspecified atom stereocenters. The molecule has 0 aliphatic carbocycles. The average Bonchev–Trinajstić information content (AvgIpc) is 3.07. The second-order valence-electron chi connectivity index (χ2n) is 5.09. The van der Waals surface area contributed by atoms with Gasteiger partial charge in [-0.1, -0.05) is 35.2 Å². The van der Waals surface area contributed by atoms with Crippen LogP contribution in [0, 0.1) is 5.82 Å². The number of hydrogen-bond donors (Lipinski definition) is 2. The van der Waals surface area contributed by atoms with Gasteiger partial charge in [0.15, 0.2) is 4.34 Å². The number of amides is 2. The fourth-order valence-electron chi connectivity index (χ4n) is 1.83. The minimum atomic E-state index is -0.502. The number of anilines is 1. The lowest BCUT2D eigenvalue weighted by atomic mass is 10.1. The predicted molar refractivity (Wildman–Crippen MR) is 99.0 cm³/mol. The molecular weight excluding hydrogens is 395 g/mol. The van der Waals surface area contributed by atoms with Crippen LogP contribution in [0.4, 0.5) is 9.52 Å². The Bertz CT molecular complexity index is 798. The molecule has 1 aromatic carbocycles. The minimum Gasteiger partial charge on any atom is -0.465 e. The van der Waals surface area contributed by atoms with Gasteiger partial charge in [-0.3, -0.25) is 14.4 Å². The molecule has 0 aliphatic heterocycles. The summed E-state index contributed by atoms with van der Waals surface area (Å²) in [6.07, 6.45) is 0.0819. The molecule has 0 aliphatic rings. The molecule has 0 radical (unpaired) electrons. The van der Waals surface area contributed by atoms with Gasteiger partial charge in [-0.05, 0) is 24.6 Å². The van der Waals surface area contributed by atoms with Crippen LogP contribution in [0.15, 0.2) is 28.6 Å². The van der Waals surface area contributed by atoms with Crippen molar-refractivity contribution in [2.24, 2.45) is 0 Å². The number of carbonyl (C=O) groups excluding carboxylic acids is 3. The van der Waals surface area contributed by atoms with Crippen LogP contribution in [0.1, 0.15) is 12.5 Å². The van der Waals surface area contributed by atoms with Crippen molar-refractivity contribution in [2.45, 2.75) is 17.7 Å². The molecule has 11 heteroatoms. The first kappa shape index (κ1) is 20.8. The van der Waals surface area contributed by atoms with Gasteiger partial charge in [0.05, 0.1) is 18.8 Å². The number of hydrogen-bond acceptors (Lipinski definition) is 8. The van der Waals surface area contributed by atoms with Crippen molar-refractivity contribution in [3.8, 4) is 0 Å². The monoisotopic (exact) mass is 412 g/mol. The third kappa shape index (κ3) is 7.71. The average molecular weight is 412 g/mol. The summed E-state index contributed by atoms with van der Waals surface area (Å²) in [4.78, 5) is 34.8. The fraction of sp³-hybridized carbons (Fsp3) is 0.312. The summed E-state index contributed by atoms with van der Waals surface area (Å²) in [5, 5.41) is 13.1. The van der Waals surface area contributed by atoms with Crippen LogP contribution >= 0.6 is 23.1 Å².